The molecule has 8 nitrogen and oxygen atoms in total. The first-order chi connectivity index (χ1) is 5.02. The zero-order valence-corrected chi connectivity index (χ0v) is 5.75. The molecule has 62 valence electrons. The van der Waals surface area contributed by atoms with Crippen molar-refractivity contribution in [2.75, 3.05) is 5.84 Å². The number of rotatable bonds is 0. The molecule has 0 amide bonds. The summed E-state index contributed by atoms with van der Waals surface area (Å²) >= 11 is 0. The summed E-state index contributed by atoms with van der Waals surface area (Å²) in [6.07, 6.45) is 3.29. The minimum atomic E-state index is -1.75. The Morgan fingerprint density at radius 2 is 2.18 bits per heavy atom. The Kier molecular flexibility index (Phi) is 3.35. The van der Waals surface area contributed by atoms with E-state index in [9.17, 15) is 0 Å². The molecule has 0 aliphatic rings. The van der Waals surface area contributed by atoms with Gasteiger partial charge in [0.25, 0.3) is 6.33 Å². The molecule has 0 saturated carbocycles. The van der Waals surface area contributed by atoms with Crippen molar-refractivity contribution < 1.29 is 9.65 Å². The van der Waals surface area contributed by atoms with Crippen LogP contribution in [0.4, 0.5) is 0 Å². The number of hydrogen-bond donors (Lipinski definition) is 1. The summed E-state index contributed by atoms with van der Waals surface area (Å²) in [5.41, 5.74) is 0. The maximum Gasteiger partial charge on any atom is 0.267 e. The van der Waals surface area contributed by atoms with Crippen molar-refractivity contribution >= 4 is 0 Å². The van der Waals surface area contributed by atoms with Gasteiger partial charge in [-0.05, 0) is 4.79 Å². The lowest BCUT2D eigenvalue weighted by Crippen LogP contribution is -2.24. The van der Waals surface area contributed by atoms with E-state index < -0.39 is 5.09 Å². The van der Waals surface area contributed by atoms with Gasteiger partial charge in [-0.1, -0.05) is 0 Å². The van der Waals surface area contributed by atoms with Crippen molar-refractivity contribution in [3.05, 3.63) is 28.0 Å². The highest BCUT2D eigenvalue weighted by Crippen LogP contribution is 1.57. The summed E-state index contributed by atoms with van der Waals surface area (Å²) in [6, 6.07) is 0. The highest BCUT2D eigenvalue weighted by molar-refractivity contribution is 4.38. The van der Waals surface area contributed by atoms with Crippen LogP contribution in [0.2, 0.25) is 0 Å². The van der Waals surface area contributed by atoms with E-state index in [4.69, 9.17) is 21.2 Å². The molecule has 2 N–H and O–H groups in total. The van der Waals surface area contributed by atoms with Gasteiger partial charge < -0.3 is 15.3 Å². The first kappa shape index (κ1) is 9.14. The first-order valence-electron chi connectivity index (χ1n) is 2.49. The molecular weight excluding hydrogens is 154 g/mol. The van der Waals surface area contributed by atoms with Gasteiger partial charge in [0.1, 0.15) is 0 Å². The van der Waals surface area contributed by atoms with Gasteiger partial charge in [0, 0.05) is 0 Å². The molecule has 0 aromatic carbocycles. The second-order valence-corrected chi connectivity index (χ2v) is 1.62. The summed E-state index contributed by atoms with van der Waals surface area (Å²) in [4.78, 5) is 9.50. The maximum absolute atomic E-state index is 8.25. The lowest BCUT2D eigenvalue weighted by atomic mass is 11.1. The van der Waals surface area contributed by atoms with Crippen LogP contribution >= 0.6 is 0 Å². The minimum absolute atomic E-state index is 1.25. The number of aryl methyl sites for hydroxylation is 1. The van der Waals surface area contributed by atoms with E-state index in [1.165, 1.54) is 4.79 Å². The van der Waals surface area contributed by atoms with Crippen LogP contribution < -0.4 is 10.4 Å². The number of aromatic nitrogens is 3. The van der Waals surface area contributed by atoms with E-state index in [2.05, 4.69) is 5.10 Å². The third kappa shape index (κ3) is 6.02. The lowest BCUT2D eigenvalue weighted by molar-refractivity contribution is -0.672. The van der Waals surface area contributed by atoms with Crippen molar-refractivity contribution in [3.8, 4) is 0 Å². The normalized spacial score (nSPS) is 8.09. The second kappa shape index (κ2) is 4.04. The monoisotopic (exact) mass is 161 g/mol. The summed E-state index contributed by atoms with van der Waals surface area (Å²) in [5, 5.41) is 18.4. The third-order valence-corrected chi connectivity index (χ3v) is 0.668. The van der Waals surface area contributed by atoms with Crippen molar-refractivity contribution in [2.24, 2.45) is 7.05 Å². The van der Waals surface area contributed by atoms with E-state index in [0.29, 0.717) is 0 Å². The van der Waals surface area contributed by atoms with Gasteiger partial charge in [-0.2, -0.15) is 0 Å². The molecular formula is C3H7N5O3. The molecule has 0 fully saturated rings. The zero-order valence-electron chi connectivity index (χ0n) is 5.75. The Balaban J connectivity index is 0.000000218. The summed E-state index contributed by atoms with van der Waals surface area (Å²) in [5.74, 6) is 5.16. The third-order valence-electron chi connectivity index (χ3n) is 0.668. The van der Waals surface area contributed by atoms with Gasteiger partial charge in [-0.15, -0.1) is 0 Å². The molecule has 1 aromatic rings. The number of hydrogen-bond acceptors (Lipinski definition) is 5. The molecule has 0 bridgehead atoms. The van der Waals surface area contributed by atoms with Crippen molar-refractivity contribution in [3.63, 3.8) is 0 Å². The van der Waals surface area contributed by atoms with Crippen LogP contribution in [-0.4, -0.2) is 15.0 Å². The SMILES string of the molecule is C[n+]1cnn(N)c1.O=[N+]([O-])[O-]. The fourth-order valence-electron chi connectivity index (χ4n) is 0.387. The predicted molar refractivity (Wildman–Crippen MR) is 33.9 cm³/mol. The standard InChI is InChI=1S/C3H7N4.NO3/c1-6-2-5-7(4)3-6;2-1(3)4/h2-3H,4H2,1H3;/q+1;-1. The highest BCUT2D eigenvalue weighted by atomic mass is 16.9. The van der Waals surface area contributed by atoms with Crippen LogP contribution in [-0.2, 0) is 7.05 Å². The van der Waals surface area contributed by atoms with Crippen LogP contribution in [0.15, 0.2) is 12.7 Å². The Labute approximate surface area is 61.6 Å². The molecule has 0 atom stereocenters. The average Bonchev–Trinajstić information content (AvgIpc) is 2.13. The maximum atomic E-state index is 8.25. The van der Waals surface area contributed by atoms with Crippen LogP contribution in [0.5, 0.6) is 0 Å². The molecule has 0 unspecified atom stereocenters. The summed E-state index contributed by atoms with van der Waals surface area (Å²) in [7, 11) is 1.86. The summed E-state index contributed by atoms with van der Waals surface area (Å²) in [6.45, 7) is 0. The molecule has 0 saturated heterocycles. The van der Waals surface area contributed by atoms with Crippen molar-refractivity contribution in [2.45, 2.75) is 0 Å². The molecule has 0 radical (unpaired) electrons. The zero-order chi connectivity index (χ0) is 8.85. The summed E-state index contributed by atoms with van der Waals surface area (Å²) < 4.78 is 1.76. The van der Waals surface area contributed by atoms with Gasteiger partial charge in [0.15, 0.2) is 0 Å². The quantitative estimate of drug-likeness (QED) is 0.208. The molecule has 8 heteroatoms. The average molecular weight is 161 g/mol. The number of nitrogens with two attached hydrogens (primary N) is 1. The topological polar surface area (TPSA) is 114 Å². The molecule has 0 spiro atoms. The predicted octanol–water partition coefficient (Wildman–Crippen LogP) is -1.82. The lowest BCUT2D eigenvalue weighted by Gasteiger charge is -1.74. The van der Waals surface area contributed by atoms with Gasteiger partial charge >= 0.3 is 0 Å². The first-order valence-corrected chi connectivity index (χ1v) is 2.49. The smallest absolute Gasteiger partial charge is 0.267 e. The van der Waals surface area contributed by atoms with E-state index >= 15 is 0 Å². The van der Waals surface area contributed by atoms with Crippen LogP contribution in [0.3, 0.4) is 0 Å². The van der Waals surface area contributed by atoms with Gasteiger partial charge in [0.05, 0.1) is 17.2 Å². The molecule has 1 heterocycles. The Morgan fingerprint density at radius 1 is 1.73 bits per heavy atom. The second-order valence-electron chi connectivity index (χ2n) is 1.62. The van der Waals surface area contributed by atoms with Crippen LogP contribution in [0.25, 0.3) is 0 Å². The Bertz CT molecular complexity index is 212. The van der Waals surface area contributed by atoms with E-state index in [-0.39, 0.29) is 0 Å². The molecule has 0 aliphatic carbocycles. The van der Waals surface area contributed by atoms with Crippen molar-refractivity contribution in [1.82, 2.24) is 9.89 Å². The number of nitrogens with zero attached hydrogens (tertiary/aromatic N) is 4. The van der Waals surface area contributed by atoms with Gasteiger partial charge in [-0.3, -0.25) is 5.84 Å². The molecule has 1 aromatic heterocycles. The van der Waals surface area contributed by atoms with E-state index in [1.54, 1.807) is 17.2 Å². The minimum Gasteiger partial charge on any atom is -0.356 e. The fourth-order valence-corrected chi connectivity index (χ4v) is 0.387. The molecule has 0 aliphatic heterocycles. The Hall–Kier alpha value is -1.86. The van der Waals surface area contributed by atoms with E-state index in [1.807, 2.05) is 7.05 Å². The molecule has 11 heavy (non-hydrogen) atoms. The molecule has 1 rings (SSSR count). The number of nitrogen functional groups attached to an aromatic ring is 1. The van der Waals surface area contributed by atoms with Gasteiger partial charge in [0.2, 0.25) is 6.33 Å². The van der Waals surface area contributed by atoms with Crippen molar-refractivity contribution in [1.29, 1.82) is 0 Å². The van der Waals surface area contributed by atoms with E-state index in [0.717, 1.165) is 0 Å². The van der Waals surface area contributed by atoms with Crippen LogP contribution in [0.1, 0.15) is 0 Å². The van der Waals surface area contributed by atoms with Gasteiger partial charge in [-0.25, -0.2) is 4.57 Å². The highest BCUT2D eigenvalue weighted by Gasteiger charge is 1.91. The fraction of sp³-hybridized carbons (Fsp3) is 0.333. The largest absolute Gasteiger partial charge is 0.356 e. The van der Waals surface area contributed by atoms with Crippen LogP contribution in [0, 0.1) is 15.3 Å². The Morgan fingerprint density at radius 3 is 2.27 bits per heavy atom.